The lowest BCUT2D eigenvalue weighted by Gasteiger charge is -2.17. The van der Waals surface area contributed by atoms with Gasteiger partial charge in [-0.1, -0.05) is 13.8 Å². The Balaban J connectivity index is 1.93. The van der Waals surface area contributed by atoms with Gasteiger partial charge in [-0.05, 0) is 61.8 Å². The SMILES string of the molecule is CCNC(=NCC(CCO)CC(C)C)NCCc1c[nH]c2ccc(F)cc12. The van der Waals surface area contributed by atoms with Crippen LogP contribution in [0.5, 0.6) is 0 Å². The summed E-state index contributed by atoms with van der Waals surface area (Å²) < 4.78 is 13.5. The first kappa shape index (κ1) is 21.2. The number of aliphatic hydroxyl groups excluding tert-OH is 1. The predicted molar refractivity (Wildman–Crippen MR) is 111 cm³/mol. The van der Waals surface area contributed by atoms with Crippen LogP contribution in [0.25, 0.3) is 10.9 Å². The number of aromatic nitrogens is 1. The summed E-state index contributed by atoms with van der Waals surface area (Å²) in [5, 5.41) is 16.8. The molecule has 6 heteroatoms. The maximum atomic E-state index is 13.5. The van der Waals surface area contributed by atoms with Crippen molar-refractivity contribution in [2.75, 3.05) is 26.2 Å². The smallest absolute Gasteiger partial charge is 0.191 e. The molecule has 2 aromatic rings. The zero-order valence-electron chi connectivity index (χ0n) is 16.7. The van der Waals surface area contributed by atoms with Gasteiger partial charge in [-0.25, -0.2) is 4.39 Å². The number of aliphatic imine (C=N–C) groups is 1. The Bertz CT molecular complexity index is 726. The number of aliphatic hydroxyl groups is 1. The molecule has 0 fully saturated rings. The highest BCUT2D eigenvalue weighted by atomic mass is 19.1. The van der Waals surface area contributed by atoms with Crippen molar-refractivity contribution in [2.24, 2.45) is 16.8 Å². The molecule has 0 saturated heterocycles. The van der Waals surface area contributed by atoms with Crippen molar-refractivity contribution < 1.29 is 9.50 Å². The van der Waals surface area contributed by atoms with Gasteiger partial charge in [-0.15, -0.1) is 0 Å². The minimum Gasteiger partial charge on any atom is -0.396 e. The third kappa shape index (κ3) is 6.86. The van der Waals surface area contributed by atoms with Crippen LogP contribution in [0.4, 0.5) is 4.39 Å². The van der Waals surface area contributed by atoms with Crippen molar-refractivity contribution in [1.29, 1.82) is 0 Å². The molecule has 2 rings (SSSR count). The van der Waals surface area contributed by atoms with E-state index in [1.807, 2.05) is 13.1 Å². The van der Waals surface area contributed by atoms with E-state index in [0.29, 0.717) is 24.9 Å². The summed E-state index contributed by atoms with van der Waals surface area (Å²) in [6.07, 6.45) is 4.56. The van der Waals surface area contributed by atoms with Crippen LogP contribution in [0.1, 0.15) is 39.2 Å². The molecule has 1 unspecified atom stereocenters. The first-order valence-electron chi connectivity index (χ1n) is 9.92. The quantitative estimate of drug-likeness (QED) is 0.379. The number of hydrogen-bond donors (Lipinski definition) is 4. The Morgan fingerprint density at radius 3 is 2.81 bits per heavy atom. The van der Waals surface area contributed by atoms with Crippen LogP contribution < -0.4 is 10.6 Å². The average molecular weight is 377 g/mol. The van der Waals surface area contributed by atoms with Crippen LogP contribution in [0.15, 0.2) is 29.4 Å². The predicted octanol–water partition coefficient (Wildman–Crippen LogP) is 3.45. The Morgan fingerprint density at radius 2 is 2.11 bits per heavy atom. The minimum atomic E-state index is -0.216. The number of nitrogens with zero attached hydrogens (tertiary/aromatic N) is 1. The third-order valence-corrected chi connectivity index (χ3v) is 4.61. The summed E-state index contributed by atoms with van der Waals surface area (Å²) in [4.78, 5) is 7.88. The number of rotatable bonds is 10. The molecule has 0 spiro atoms. The topological polar surface area (TPSA) is 72.4 Å². The molecular formula is C21H33FN4O. The van der Waals surface area contributed by atoms with Gasteiger partial charge in [0, 0.05) is 43.3 Å². The molecule has 0 amide bonds. The van der Waals surface area contributed by atoms with Crippen LogP contribution in [0.3, 0.4) is 0 Å². The van der Waals surface area contributed by atoms with Crippen molar-refractivity contribution >= 4 is 16.9 Å². The van der Waals surface area contributed by atoms with Gasteiger partial charge in [0.1, 0.15) is 5.82 Å². The highest BCUT2D eigenvalue weighted by Gasteiger charge is 2.11. The Hall–Kier alpha value is -2.08. The molecule has 0 aliphatic rings. The van der Waals surface area contributed by atoms with Crippen molar-refractivity contribution in [3.05, 3.63) is 35.8 Å². The molecule has 0 saturated carbocycles. The molecule has 1 aromatic heterocycles. The molecule has 150 valence electrons. The summed E-state index contributed by atoms with van der Waals surface area (Å²) in [6.45, 7) is 8.84. The van der Waals surface area contributed by atoms with Crippen LogP contribution in [0, 0.1) is 17.7 Å². The third-order valence-electron chi connectivity index (χ3n) is 4.61. The van der Waals surface area contributed by atoms with E-state index >= 15 is 0 Å². The number of guanidine groups is 1. The maximum Gasteiger partial charge on any atom is 0.191 e. The van der Waals surface area contributed by atoms with Gasteiger partial charge in [-0.2, -0.15) is 0 Å². The summed E-state index contributed by atoms with van der Waals surface area (Å²) >= 11 is 0. The summed E-state index contributed by atoms with van der Waals surface area (Å²) in [5.41, 5.74) is 2.04. The molecule has 1 aromatic carbocycles. The highest BCUT2D eigenvalue weighted by Crippen LogP contribution is 2.19. The number of benzene rings is 1. The number of aromatic amines is 1. The summed E-state index contributed by atoms with van der Waals surface area (Å²) in [6, 6.07) is 4.81. The number of hydrogen-bond acceptors (Lipinski definition) is 2. The molecule has 27 heavy (non-hydrogen) atoms. The molecule has 0 bridgehead atoms. The first-order valence-corrected chi connectivity index (χ1v) is 9.92. The zero-order valence-corrected chi connectivity index (χ0v) is 16.7. The van der Waals surface area contributed by atoms with E-state index in [-0.39, 0.29) is 12.4 Å². The highest BCUT2D eigenvalue weighted by molar-refractivity contribution is 5.83. The standard InChI is InChI=1S/C21H33FN4O/c1-4-23-21(26-13-16(8-10-27)11-15(2)3)24-9-7-17-14-25-20-6-5-18(22)12-19(17)20/h5-6,12,14-16,25,27H,4,7-11,13H2,1-3H3,(H2,23,24,26). The minimum absolute atomic E-state index is 0.202. The lowest BCUT2D eigenvalue weighted by molar-refractivity contribution is 0.245. The van der Waals surface area contributed by atoms with Crippen molar-refractivity contribution in [2.45, 2.75) is 40.0 Å². The van der Waals surface area contributed by atoms with E-state index in [1.54, 1.807) is 12.1 Å². The largest absolute Gasteiger partial charge is 0.396 e. The molecule has 1 heterocycles. The fourth-order valence-corrected chi connectivity index (χ4v) is 3.37. The van der Waals surface area contributed by atoms with Crippen LogP contribution in [0.2, 0.25) is 0 Å². The van der Waals surface area contributed by atoms with Crippen LogP contribution in [-0.2, 0) is 6.42 Å². The van der Waals surface area contributed by atoms with E-state index in [0.717, 1.165) is 48.2 Å². The Labute approximate surface area is 161 Å². The van der Waals surface area contributed by atoms with Gasteiger partial charge >= 0.3 is 0 Å². The summed E-state index contributed by atoms with van der Waals surface area (Å²) in [7, 11) is 0. The van der Waals surface area contributed by atoms with Crippen molar-refractivity contribution in [1.82, 2.24) is 15.6 Å². The number of halogens is 1. The summed E-state index contributed by atoms with van der Waals surface area (Å²) in [5.74, 6) is 1.55. The monoisotopic (exact) mass is 376 g/mol. The molecule has 0 aliphatic carbocycles. The Kier molecular flexibility index (Phi) is 8.58. The number of nitrogens with one attached hydrogen (secondary N) is 3. The number of fused-ring (bicyclic) bond motifs is 1. The lowest BCUT2D eigenvalue weighted by atomic mass is 9.94. The van der Waals surface area contributed by atoms with E-state index in [9.17, 15) is 9.50 Å². The lowest BCUT2D eigenvalue weighted by Crippen LogP contribution is -2.38. The molecule has 1 atom stereocenters. The first-order chi connectivity index (χ1) is 13.0. The number of H-pyrrole nitrogens is 1. The van der Waals surface area contributed by atoms with Crippen LogP contribution in [-0.4, -0.2) is 42.3 Å². The second-order valence-electron chi connectivity index (χ2n) is 7.41. The van der Waals surface area contributed by atoms with Gasteiger partial charge in [0.05, 0.1) is 0 Å². The van der Waals surface area contributed by atoms with E-state index in [4.69, 9.17) is 4.99 Å². The van der Waals surface area contributed by atoms with Gasteiger partial charge in [0.15, 0.2) is 5.96 Å². The fourth-order valence-electron chi connectivity index (χ4n) is 3.37. The van der Waals surface area contributed by atoms with Crippen LogP contribution >= 0.6 is 0 Å². The molecular weight excluding hydrogens is 343 g/mol. The van der Waals surface area contributed by atoms with Gasteiger partial charge in [-0.3, -0.25) is 4.99 Å². The van der Waals surface area contributed by atoms with Gasteiger partial charge < -0.3 is 20.7 Å². The second kappa shape index (κ2) is 10.9. The molecule has 4 N–H and O–H groups in total. The van der Waals surface area contributed by atoms with E-state index in [1.165, 1.54) is 6.07 Å². The molecule has 5 nitrogen and oxygen atoms in total. The normalized spacial score (nSPS) is 13.3. The van der Waals surface area contributed by atoms with Crippen molar-refractivity contribution in [3.8, 4) is 0 Å². The fraction of sp³-hybridized carbons (Fsp3) is 0.571. The maximum absolute atomic E-state index is 13.5. The van der Waals surface area contributed by atoms with Gasteiger partial charge in [0.25, 0.3) is 0 Å². The average Bonchev–Trinajstić information content (AvgIpc) is 3.01. The Morgan fingerprint density at radius 1 is 1.30 bits per heavy atom. The molecule has 0 radical (unpaired) electrons. The van der Waals surface area contributed by atoms with Gasteiger partial charge in [0.2, 0.25) is 0 Å². The van der Waals surface area contributed by atoms with E-state index in [2.05, 4.69) is 29.5 Å². The zero-order chi connectivity index (χ0) is 19.6. The van der Waals surface area contributed by atoms with E-state index < -0.39 is 0 Å². The van der Waals surface area contributed by atoms with Crippen molar-refractivity contribution in [3.63, 3.8) is 0 Å². The second-order valence-corrected chi connectivity index (χ2v) is 7.41. The molecule has 0 aliphatic heterocycles.